The van der Waals surface area contributed by atoms with Gasteiger partial charge >= 0.3 is 12.0 Å². The second-order valence-electron chi connectivity index (χ2n) is 5.00. The summed E-state index contributed by atoms with van der Waals surface area (Å²) in [6.07, 6.45) is -0.0382. The predicted molar refractivity (Wildman–Crippen MR) is 72.5 cm³/mol. The van der Waals surface area contributed by atoms with E-state index in [2.05, 4.69) is 0 Å². The van der Waals surface area contributed by atoms with Crippen LogP contribution in [0.25, 0.3) is 0 Å². The maximum Gasteiger partial charge on any atom is 0.324 e. The van der Waals surface area contributed by atoms with E-state index in [0.29, 0.717) is 6.54 Å². The highest BCUT2D eigenvalue weighted by molar-refractivity contribution is 5.96. The number of anilines is 1. The van der Waals surface area contributed by atoms with Gasteiger partial charge < -0.3 is 10.0 Å². The summed E-state index contributed by atoms with van der Waals surface area (Å²) in [5.74, 6) is -0.886. The number of aliphatic carboxylic acids is 1. The monoisotopic (exact) mass is 262 g/mol. The molecule has 2 rings (SSSR count). The van der Waals surface area contributed by atoms with Crippen LogP contribution in [0.4, 0.5) is 10.5 Å². The van der Waals surface area contributed by atoms with Crippen LogP contribution in [-0.2, 0) is 4.79 Å². The molecule has 5 nitrogen and oxygen atoms in total. The van der Waals surface area contributed by atoms with Crippen molar-refractivity contribution in [3.63, 3.8) is 0 Å². The van der Waals surface area contributed by atoms with Gasteiger partial charge in [-0.2, -0.15) is 0 Å². The van der Waals surface area contributed by atoms with Crippen molar-refractivity contribution in [2.45, 2.75) is 26.3 Å². The summed E-state index contributed by atoms with van der Waals surface area (Å²) in [6, 6.07) is 5.29. The molecule has 1 heterocycles. The molecule has 19 heavy (non-hydrogen) atoms. The van der Waals surface area contributed by atoms with Gasteiger partial charge in [0, 0.05) is 19.3 Å². The van der Waals surface area contributed by atoms with Crippen molar-refractivity contribution in [2.24, 2.45) is 0 Å². The molecule has 0 bridgehead atoms. The van der Waals surface area contributed by atoms with E-state index in [0.717, 1.165) is 16.8 Å². The number of rotatable bonds is 3. The molecule has 1 aromatic carbocycles. The zero-order valence-corrected chi connectivity index (χ0v) is 11.4. The first-order valence-electron chi connectivity index (χ1n) is 6.24. The fourth-order valence-corrected chi connectivity index (χ4v) is 2.47. The Morgan fingerprint density at radius 3 is 2.74 bits per heavy atom. The highest BCUT2D eigenvalue weighted by atomic mass is 16.4. The van der Waals surface area contributed by atoms with E-state index < -0.39 is 5.97 Å². The van der Waals surface area contributed by atoms with E-state index in [9.17, 15) is 9.59 Å². The highest BCUT2D eigenvalue weighted by Gasteiger charge is 2.38. The van der Waals surface area contributed by atoms with E-state index in [1.54, 1.807) is 16.8 Å². The SMILES string of the molecule is Cc1cccc(N2C(=O)N(C)CC2CC(=O)O)c1C. The van der Waals surface area contributed by atoms with E-state index in [-0.39, 0.29) is 18.5 Å². The maximum absolute atomic E-state index is 12.2. The molecule has 0 radical (unpaired) electrons. The molecule has 0 aromatic heterocycles. The number of carboxylic acids is 1. The number of urea groups is 1. The summed E-state index contributed by atoms with van der Waals surface area (Å²) >= 11 is 0. The third-order valence-electron chi connectivity index (χ3n) is 3.63. The Bertz CT molecular complexity index is 527. The maximum atomic E-state index is 12.2. The molecule has 1 aromatic rings. The molecule has 5 heteroatoms. The third-order valence-corrected chi connectivity index (χ3v) is 3.63. The number of nitrogens with zero attached hydrogens (tertiary/aromatic N) is 2. The average Bonchev–Trinajstić information content (AvgIpc) is 2.58. The van der Waals surface area contributed by atoms with E-state index in [1.807, 2.05) is 32.0 Å². The summed E-state index contributed by atoms with van der Waals surface area (Å²) in [7, 11) is 1.70. The van der Waals surface area contributed by atoms with Crippen molar-refractivity contribution in [3.05, 3.63) is 29.3 Å². The molecule has 1 fully saturated rings. The van der Waals surface area contributed by atoms with Gasteiger partial charge in [0.1, 0.15) is 0 Å². The van der Waals surface area contributed by atoms with Gasteiger partial charge in [-0.15, -0.1) is 0 Å². The molecule has 1 saturated heterocycles. The van der Waals surface area contributed by atoms with Crippen molar-refractivity contribution in [1.82, 2.24) is 4.90 Å². The number of hydrogen-bond donors (Lipinski definition) is 1. The van der Waals surface area contributed by atoms with Gasteiger partial charge in [0.15, 0.2) is 0 Å². The molecule has 1 aliphatic rings. The van der Waals surface area contributed by atoms with Crippen LogP contribution in [0.1, 0.15) is 17.5 Å². The Kier molecular flexibility index (Phi) is 3.46. The van der Waals surface area contributed by atoms with Crippen molar-refractivity contribution >= 4 is 17.7 Å². The van der Waals surface area contributed by atoms with Crippen LogP contribution in [0.3, 0.4) is 0 Å². The number of likely N-dealkylation sites (N-methyl/N-ethyl adjacent to an activating group) is 1. The second-order valence-corrected chi connectivity index (χ2v) is 5.00. The number of aryl methyl sites for hydroxylation is 1. The lowest BCUT2D eigenvalue weighted by atomic mass is 10.1. The Morgan fingerprint density at radius 2 is 2.11 bits per heavy atom. The number of hydrogen-bond acceptors (Lipinski definition) is 2. The van der Waals surface area contributed by atoms with Crippen molar-refractivity contribution < 1.29 is 14.7 Å². The molecule has 1 atom stereocenters. The average molecular weight is 262 g/mol. The highest BCUT2D eigenvalue weighted by Crippen LogP contribution is 2.30. The summed E-state index contributed by atoms with van der Waals surface area (Å²) in [5.41, 5.74) is 2.91. The number of carbonyl (C=O) groups excluding carboxylic acids is 1. The first kappa shape index (κ1) is 13.4. The van der Waals surface area contributed by atoms with Gasteiger partial charge in [0.25, 0.3) is 0 Å². The fourth-order valence-electron chi connectivity index (χ4n) is 2.47. The largest absolute Gasteiger partial charge is 0.481 e. The van der Waals surface area contributed by atoms with Gasteiger partial charge in [-0.25, -0.2) is 4.79 Å². The van der Waals surface area contributed by atoms with Crippen molar-refractivity contribution in [3.8, 4) is 0 Å². The fraction of sp³-hybridized carbons (Fsp3) is 0.429. The number of amides is 2. The summed E-state index contributed by atoms with van der Waals surface area (Å²) in [4.78, 5) is 26.3. The van der Waals surface area contributed by atoms with E-state index in [4.69, 9.17) is 5.11 Å². The van der Waals surface area contributed by atoms with Crippen molar-refractivity contribution in [2.75, 3.05) is 18.5 Å². The Morgan fingerprint density at radius 1 is 1.42 bits per heavy atom. The molecule has 102 valence electrons. The summed E-state index contributed by atoms with van der Waals surface area (Å²) < 4.78 is 0. The second kappa shape index (κ2) is 4.91. The Hall–Kier alpha value is -2.04. The van der Waals surface area contributed by atoms with Crippen LogP contribution in [0.2, 0.25) is 0 Å². The van der Waals surface area contributed by atoms with Gasteiger partial charge in [0.05, 0.1) is 12.5 Å². The lowest BCUT2D eigenvalue weighted by Crippen LogP contribution is -2.36. The quantitative estimate of drug-likeness (QED) is 0.906. The van der Waals surface area contributed by atoms with Gasteiger partial charge in [0.2, 0.25) is 0 Å². The molecule has 1 aliphatic heterocycles. The topological polar surface area (TPSA) is 60.9 Å². The predicted octanol–water partition coefficient (Wildman–Crippen LogP) is 2.02. The molecule has 1 N–H and O–H groups in total. The number of benzene rings is 1. The first-order chi connectivity index (χ1) is 8.91. The Labute approximate surface area is 112 Å². The first-order valence-corrected chi connectivity index (χ1v) is 6.24. The van der Waals surface area contributed by atoms with Crippen LogP contribution in [0.5, 0.6) is 0 Å². The molecule has 0 aliphatic carbocycles. The minimum absolute atomic E-state index is 0.0382. The van der Waals surface area contributed by atoms with Crippen LogP contribution >= 0.6 is 0 Å². The molecular formula is C14H18N2O3. The van der Waals surface area contributed by atoms with Gasteiger partial charge in [-0.3, -0.25) is 9.69 Å². The van der Waals surface area contributed by atoms with Crippen LogP contribution < -0.4 is 4.90 Å². The van der Waals surface area contributed by atoms with Crippen LogP contribution in [-0.4, -0.2) is 41.6 Å². The van der Waals surface area contributed by atoms with Gasteiger partial charge in [-0.05, 0) is 31.0 Å². The standard InChI is InChI=1S/C14H18N2O3/c1-9-5-4-6-12(10(9)2)16-11(7-13(17)18)8-15(3)14(16)19/h4-6,11H,7-8H2,1-3H3,(H,17,18). The normalized spacial score (nSPS) is 19.1. The number of carbonyl (C=O) groups is 2. The van der Waals surface area contributed by atoms with E-state index in [1.165, 1.54) is 0 Å². The zero-order chi connectivity index (χ0) is 14.2. The third kappa shape index (κ3) is 2.41. The van der Waals surface area contributed by atoms with Crippen molar-refractivity contribution in [1.29, 1.82) is 0 Å². The molecule has 2 amide bonds. The minimum Gasteiger partial charge on any atom is -0.481 e. The lowest BCUT2D eigenvalue weighted by Gasteiger charge is -2.24. The molecular weight excluding hydrogens is 244 g/mol. The van der Waals surface area contributed by atoms with Crippen LogP contribution in [0, 0.1) is 13.8 Å². The number of carboxylic acid groups (broad SMARTS) is 1. The summed E-state index contributed by atoms with van der Waals surface area (Å²) in [6.45, 7) is 4.38. The summed E-state index contributed by atoms with van der Waals surface area (Å²) in [5, 5.41) is 8.98. The lowest BCUT2D eigenvalue weighted by molar-refractivity contribution is -0.137. The van der Waals surface area contributed by atoms with E-state index >= 15 is 0 Å². The minimum atomic E-state index is -0.886. The van der Waals surface area contributed by atoms with Gasteiger partial charge in [-0.1, -0.05) is 12.1 Å². The molecule has 0 saturated carbocycles. The zero-order valence-electron chi connectivity index (χ0n) is 11.4. The van der Waals surface area contributed by atoms with Crippen LogP contribution in [0.15, 0.2) is 18.2 Å². The molecule has 1 unspecified atom stereocenters. The molecule has 0 spiro atoms. The Balaban J connectivity index is 2.41. The smallest absolute Gasteiger partial charge is 0.324 e.